The first kappa shape index (κ1) is 22.0. The van der Waals surface area contributed by atoms with E-state index in [1.807, 2.05) is 18.2 Å². The second-order valence-corrected chi connectivity index (χ2v) is 8.00. The smallest absolute Gasteiger partial charge is 0.296 e. The Morgan fingerprint density at radius 2 is 1.91 bits per heavy atom. The maximum Gasteiger partial charge on any atom is 0.296 e. The summed E-state index contributed by atoms with van der Waals surface area (Å²) < 4.78 is 3.12. The van der Waals surface area contributed by atoms with E-state index in [-0.39, 0.29) is 45.1 Å². The highest BCUT2D eigenvalue weighted by Crippen LogP contribution is 2.28. The number of nitro groups is 1. The van der Waals surface area contributed by atoms with E-state index < -0.39 is 4.92 Å². The Labute approximate surface area is 191 Å². The molecule has 1 N–H and O–H groups in total. The number of amidine groups is 1. The van der Waals surface area contributed by atoms with Gasteiger partial charge in [0.15, 0.2) is 5.17 Å². The van der Waals surface area contributed by atoms with Crippen LogP contribution in [-0.4, -0.2) is 42.4 Å². The fraction of sp³-hybridized carbons (Fsp3) is 0.143. The van der Waals surface area contributed by atoms with Gasteiger partial charge >= 0.3 is 0 Å². The number of hydrogen-bond acceptors (Lipinski definition) is 8. The molecule has 0 unspecified atom stereocenters. The molecule has 0 bridgehead atoms. The van der Waals surface area contributed by atoms with Gasteiger partial charge in [0, 0.05) is 24.7 Å². The number of non-ortho nitro benzene ring substituents is 1. The molecule has 3 aromatic rings. The molecule has 0 spiro atoms. The van der Waals surface area contributed by atoms with Crippen molar-refractivity contribution in [3.63, 3.8) is 0 Å². The van der Waals surface area contributed by atoms with Crippen molar-refractivity contribution >= 4 is 40.4 Å². The highest BCUT2D eigenvalue weighted by molar-refractivity contribution is 8.15. The van der Waals surface area contributed by atoms with Gasteiger partial charge in [0.05, 0.1) is 28.3 Å². The number of anilines is 1. The van der Waals surface area contributed by atoms with Crippen LogP contribution in [0.2, 0.25) is 0 Å². The minimum absolute atomic E-state index is 0.0789. The third-order valence-corrected chi connectivity index (χ3v) is 5.99. The summed E-state index contributed by atoms with van der Waals surface area (Å²) in [6, 6.07) is 12.6. The molecular formula is C21H18N6O5S. The fourth-order valence-electron chi connectivity index (χ4n) is 3.37. The molecule has 1 aliphatic rings. The Morgan fingerprint density at radius 1 is 1.18 bits per heavy atom. The highest BCUT2D eigenvalue weighted by atomic mass is 32.2. The first-order chi connectivity index (χ1) is 15.8. The monoisotopic (exact) mass is 466 g/mol. The zero-order valence-electron chi connectivity index (χ0n) is 17.6. The largest absolute Gasteiger partial charge is 0.507 e. The lowest BCUT2D eigenvalue weighted by molar-refractivity contribution is -0.384. The normalized spacial score (nSPS) is 15.2. The van der Waals surface area contributed by atoms with Gasteiger partial charge < -0.3 is 5.11 Å². The molecule has 4 rings (SSSR count). The lowest BCUT2D eigenvalue weighted by Crippen LogP contribution is -2.34. The molecule has 168 valence electrons. The van der Waals surface area contributed by atoms with Crippen molar-refractivity contribution in [1.29, 1.82) is 0 Å². The number of rotatable bonds is 5. The van der Waals surface area contributed by atoms with E-state index in [4.69, 9.17) is 0 Å². The molecule has 12 heteroatoms. The maximum absolute atomic E-state index is 13.3. The van der Waals surface area contributed by atoms with Crippen LogP contribution in [0.3, 0.4) is 0 Å². The van der Waals surface area contributed by atoms with Crippen molar-refractivity contribution < 1.29 is 14.8 Å². The number of benzene rings is 2. The van der Waals surface area contributed by atoms with Crippen LogP contribution in [0.5, 0.6) is 5.75 Å². The number of carbonyl (C=O) groups excluding carboxylic acids is 1. The minimum Gasteiger partial charge on any atom is -0.507 e. The van der Waals surface area contributed by atoms with Crippen molar-refractivity contribution in [1.82, 2.24) is 9.36 Å². The summed E-state index contributed by atoms with van der Waals surface area (Å²) in [5.41, 5.74) is 0.879. The van der Waals surface area contributed by atoms with Gasteiger partial charge in [0.2, 0.25) is 5.91 Å². The number of para-hydroxylation sites is 1. The summed E-state index contributed by atoms with van der Waals surface area (Å²) >= 11 is 1.11. The zero-order chi connectivity index (χ0) is 23.7. The summed E-state index contributed by atoms with van der Waals surface area (Å²) in [6.07, 6.45) is 1.15. The van der Waals surface area contributed by atoms with Crippen molar-refractivity contribution in [2.24, 2.45) is 17.3 Å². The molecule has 0 radical (unpaired) electrons. The van der Waals surface area contributed by atoms with Gasteiger partial charge in [-0.15, -0.1) is 5.10 Å². The molecule has 2 aromatic carbocycles. The molecule has 1 saturated heterocycles. The summed E-state index contributed by atoms with van der Waals surface area (Å²) in [6.45, 7) is 1.73. The number of carbonyl (C=O) groups is 1. The van der Waals surface area contributed by atoms with Gasteiger partial charge in [-0.3, -0.25) is 24.4 Å². The molecule has 1 fully saturated rings. The van der Waals surface area contributed by atoms with Crippen molar-refractivity contribution in [3.05, 3.63) is 80.3 Å². The quantitative estimate of drug-likeness (QED) is 0.349. The Balaban J connectivity index is 1.72. The average molecular weight is 466 g/mol. The Morgan fingerprint density at radius 3 is 2.61 bits per heavy atom. The Kier molecular flexibility index (Phi) is 5.84. The van der Waals surface area contributed by atoms with Crippen LogP contribution < -0.4 is 10.5 Å². The van der Waals surface area contributed by atoms with Crippen LogP contribution in [0.15, 0.2) is 63.5 Å². The number of amides is 1. The number of aromatic hydroxyl groups is 1. The molecule has 1 aliphatic heterocycles. The van der Waals surface area contributed by atoms with Gasteiger partial charge in [-0.25, -0.2) is 9.58 Å². The standard InChI is InChI=1S/C21H18N6O5S/c1-13-19(20(30)26(24(13)2)15-6-4-3-5-7-15)25-18(29)12-33-21(25)23-22-11-14-10-16(27(31)32)8-9-17(14)28/h3-11,28H,12H2,1-2H3/b22-11-,23-21+. The highest BCUT2D eigenvalue weighted by Gasteiger charge is 2.35. The maximum atomic E-state index is 13.3. The van der Waals surface area contributed by atoms with Crippen LogP contribution in [0.1, 0.15) is 11.3 Å². The second-order valence-electron chi connectivity index (χ2n) is 7.06. The zero-order valence-corrected chi connectivity index (χ0v) is 18.4. The molecular weight excluding hydrogens is 448 g/mol. The predicted molar refractivity (Wildman–Crippen MR) is 125 cm³/mol. The molecule has 1 amide bonds. The van der Waals surface area contributed by atoms with Crippen LogP contribution in [0.4, 0.5) is 11.4 Å². The summed E-state index contributed by atoms with van der Waals surface area (Å²) in [5.74, 6) is -0.449. The number of nitro benzene ring substituents is 1. The summed E-state index contributed by atoms with van der Waals surface area (Å²) in [5, 5.41) is 29.0. The molecule has 1 aromatic heterocycles. The van der Waals surface area contributed by atoms with E-state index in [0.717, 1.165) is 24.0 Å². The Bertz CT molecular complexity index is 1380. The number of phenolic OH excluding ortho intramolecular Hbond substituents is 1. The van der Waals surface area contributed by atoms with E-state index >= 15 is 0 Å². The SMILES string of the molecule is Cc1c(N2C(=O)CS/C2=N/N=C\c2cc([N+](=O)[O-])ccc2O)c(=O)n(-c2ccccc2)n1C. The summed E-state index contributed by atoms with van der Waals surface area (Å²) in [4.78, 5) is 37.5. The van der Waals surface area contributed by atoms with Crippen LogP contribution in [0, 0.1) is 17.0 Å². The first-order valence-corrected chi connectivity index (χ1v) is 10.7. The van der Waals surface area contributed by atoms with Gasteiger partial charge in [-0.2, -0.15) is 5.10 Å². The van der Waals surface area contributed by atoms with Crippen molar-refractivity contribution in [2.45, 2.75) is 6.92 Å². The van der Waals surface area contributed by atoms with E-state index in [0.29, 0.717) is 11.4 Å². The minimum atomic E-state index is -0.591. The molecule has 0 saturated carbocycles. The summed E-state index contributed by atoms with van der Waals surface area (Å²) in [7, 11) is 1.72. The van der Waals surface area contributed by atoms with Crippen LogP contribution in [-0.2, 0) is 11.8 Å². The average Bonchev–Trinajstić information content (AvgIpc) is 3.25. The van der Waals surface area contributed by atoms with Crippen molar-refractivity contribution in [3.8, 4) is 11.4 Å². The van der Waals surface area contributed by atoms with E-state index in [1.54, 1.807) is 30.8 Å². The number of phenols is 1. The first-order valence-electron chi connectivity index (χ1n) is 9.68. The molecule has 2 heterocycles. The van der Waals surface area contributed by atoms with Gasteiger partial charge in [-0.1, -0.05) is 30.0 Å². The van der Waals surface area contributed by atoms with E-state index in [9.17, 15) is 24.8 Å². The molecule has 0 aliphatic carbocycles. The van der Waals surface area contributed by atoms with Crippen LogP contribution in [0.25, 0.3) is 5.69 Å². The molecule has 11 nitrogen and oxygen atoms in total. The third kappa shape index (κ3) is 4.03. The number of nitrogens with zero attached hydrogens (tertiary/aromatic N) is 6. The van der Waals surface area contributed by atoms with Gasteiger partial charge in [0.1, 0.15) is 11.4 Å². The molecule has 0 atom stereocenters. The van der Waals surface area contributed by atoms with Gasteiger partial charge in [0.25, 0.3) is 11.2 Å². The fourth-order valence-corrected chi connectivity index (χ4v) is 4.18. The predicted octanol–water partition coefficient (Wildman–Crippen LogP) is 2.57. The lowest BCUT2D eigenvalue weighted by Gasteiger charge is -2.13. The number of hydrogen-bond donors (Lipinski definition) is 1. The topological polar surface area (TPSA) is 135 Å². The van der Waals surface area contributed by atoms with Crippen LogP contribution >= 0.6 is 11.8 Å². The molecule has 33 heavy (non-hydrogen) atoms. The van der Waals surface area contributed by atoms with Crippen molar-refractivity contribution in [2.75, 3.05) is 10.7 Å². The number of aromatic nitrogens is 2. The third-order valence-electron chi connectivity index (χ3n) is 5.07. The lowest BCUT2D eigenvalue weighted by atomic mass is 10.2. The van der Waals surface area contributed by atoms with E-state index in [1.165, 1.54) is 21.7 Å². The Hall–Kier alpha value is -4.19. The van der Waals surface area contributed by atoms with E-state index in [2.05, 4.69) is 10.2 Å². The second kappa shape index (κ2) is 8.74. The number of thioether (sulfide) groups is 1. The van der Waals surface area contributed by atoms with Gasteiger partial charge in [-0.05, 0) is 25.1 Å².